The van der Waals surface area contributed by atoms with Crippen LogP contribution in [-0.4, -0.2) is 54.7 Å². The lowest BCUT2D eigenvalue weighted by Crippen LogP contribution is -2.61. The number of piperidine rings is 1. The first-order valence-electron chi connectivity index (χ1n) is 12.3. The summed E-state index contributed by atoms with van der Waals surface area (Å²) in [5.41, 5.74) is 2.74. The first-order chi connectivity index (χ1) is 16.4. The Hall–Kier alpha value is -2.70. The van der Waals surface area contributed by atoms with E-state index in [2.05, 4.69) is 9.88 Å². The number of carbonyl (C=O) groups excluding carboxylic acids is 1. The smallest absolute Gasteiger partial charge is 0.230 e. The average Bonchev–Trinajstić information content (AvgIpc) is 3.23. The zero-order valence-corrected chi connectivity index (χ0v) is 20.5. The molecule has 4 rings (SSSR count). The van der Waals surface area contributed by atoms with Crippen LogP contribution in [0.1, 0.15) is 38.7 Å². The largest absolute Gasteiger partial charge is 0.382 e. The minimum Gasteiger partial charge on any atom is -0.382 e. The zero-order chi connectivity index (χ0) is 24.1. The third-order valence-corrected chi connectivity index (χ3v) is 7.05. The Morgan fingerprint density at radius 3 is 2.59 bits per heavy atom. The molecule has 3 aromatic rings. The minimum absolute atomic E-state index is 0.0898. The van der Waals surface area contributed by atoms with Gasteiger partial charge in [0.05, 0.1) is 12.1 Å². The molecule has 5 nitrogen and oxygen atoms in total. The number of amides is 1. The fourth-order valence-corrected chi connectivity index (χ4v) is 5.21. The van der Waals surface area contributed by atoms with Crippen molar-refractivity contribution in [3.05, 3.63) is 66.1 Å². The van der Waals surface area contributed by atoms with Gasteiger partial charge in [-0.05, 0) is 68.1 Å². The highest BCUT2D eigenvalue weighted by atomic mass is 19.1. The van der Waals surface area contributed by atoms with Gasteiger partial charge in [0.1, 0.15) is 5.82 Å². The molecule has 0 saturated carbocycles. The topological polar surface area (TPSA) is 48.6 Å². The summed E-state index contributed by atoms with van der Waals surface area (Å²) in [6.07, 6.45) is 5.65. The number of rotatable bonds is 9. The van der Waals surface area contributed by atoms with E-state index < -0.39 is 0 Å². The number of hydrogen-bond donors (Lipinski definition) is 1. The molecule has 182 valence electrons. The predicted molar refractivity (Wildman–Crippen MR) is 136 cm³/mol. The van der Waals surface area contributed by atoms with Crippen molar-refractivity contribution in [2.45, 2.75) is 45.1 Å². The van der Waals surface area contributed by atoms with Gasteiger partial charge >= 0.3 is 0 Å². The van der Waals surface area contributed by atoms with Crippen LogP contribution in [0.4, 0.5) is 10.1 Å². The van der Waals surface area contributed by atoms with E-state index in [-0.39, 0.29) is 23.2 Å². The van der Waals surface area contributed by atoms with E-state index in [0.29, 0.717) is 6.61 Å². The van der Waals surface area contributed by atoms with Crippen molar-refractivity contribution in [2.24, 2.45) is 5.92 Å². The minimum atomic E-state index is -0.345. The molecule has 0 atom stereocenters. The van der Waals surface area contributed by atoms with Crippen molar-refractivity contribution in [1.29, 1.82) is 0 Å². The summed E-state index contributed by atoms with van der Waals surface area (Å²) in [4.78, 5) is 21.1. The van der Waals surface area contributed by atoms with Crippen LogP contribution >= 0.6 is 0 Å². The zero-order valence-electron chi connectivity index (χ0n) is 20.5. The Morgan fingerprint density at radius 2 is 1.91 bits per heavy atom. The number of fused-ring (bicyclic) bond motifs is 1. The molecule has 0 spiro atoms. The molecule has 0 bridgehead atoms. The number of methoxy groups -OCH3 is 1. The number of para-hydroxylation sites is 1. The maximum atomic E-state index is 13.7. The molecule has 34 heavy (non-hydrogen) atoms. The lowest BCUT2D eigenvalue weighted by atomic mass is 9.84. The Labute approximate surface area is 201 Å². The highest BCUT2D eigenvalue weighted by molar-refractivity contribution is 5.96. The van der Waals surface area contributed by atoms with Gasteiger partial charge in [-0.15, -0.1) is 0 Å². The van der Waals surface area contributed by atoms with Crippen molar-refractivity contribution in [3.63, 3.8) is 0 Å². The van der Waals surface area contributed by atoms with Crippen LogP contribution in [-0.2, 0) is 16.0 Å². The first kappa shape index (κ1) is 24.4. The van der Waals surface area contributed by atoms with E-state index in [0.717, 1.165) is 67.5 Å². The number of aryl methyl sites for hydroxylation is 1. The van der Waals surface area contributed by atoms with Crippen molar-refractivity contribution in [3.8, 4) is 0 Å². The normalized spacial score (nSPS) is 16.3. The van der Waals surface area contributed by atoms with Gasteiger partial charge in [0.15, 0.2) is 0 Å². The van der Waals surface area contributed by atoms with Gasteiger partial charge in [0.2, 0.25) is 5.91 Å². The molecule has 0 unspecified atom stereocenters. The fraction of sp³-hybridized carbons (Fsp3) is 0.464. The van der Waals surface area contributed by atoms with Crippen molar-refractivity contribution >= 4 is 22.5 Å². The Morgan fingerprint density at radius 1 is 1.18 bits per heavy atom. The van der Waals surface area contributed by atoms with Crippen molar-refractivity contribution in [1.82, 2.24) is 9.88 Å². The number of benzene rings is 2. The van der Waals surface area contributed by atoms with Gasteiger partial charge in [-0.3, -0.25) is 4.79 Å². The van der Waals surface area contributed by atoms with Crippen LogP contribution in [0.5, 0.6) is 0 Å². The number of halogens is 1. The van der Waals surface area contributed by atoms with Crippen LogP contribution in [0.2, 0.25) is 0 Å². The molecule has 6 heteroatoms. The summed E-state index contributed by atoms with van der Waals surface area (Å²) in [6, 6.07) is 14.9. The highest BCUT2D eigenvalue weighted by Crippen LogP contribution is 2.35. The summed E-state index contributed by atoms with van der Waals surface area (Å²) in [7, 11) is 1.72. The molecule has 1 N–H and O–H groups in total. The maximum Gasteiger partial charge on any atom is 0.230 e. The van der Waals surface area contributed by atoms with Crippen molar-refractivity contribution in [2.75, 3.05) is 38.3 Å². The molecule has 2 aromatic carbocycles. The molecule has 0 radical (unpaired) electrons. The lowest BCUT2D eigenvalue weighted by Gasteiger charge is -2.49. The summed E-state index contributed by atoms with van der Waals surface area (Å²) < 4.78 is 19.4. The molecular formula is C28H36FN3O2. The van der Waals surface area contributed by atoms with E-state index in [1.807, 2.05) is 55.3 Å². The predicted octanol–water partition coefficient (Wildman–Crippen LogP) is 5.41. The van der Waals surface area contributed by atoms with E-state index in [1.54, 1.807) is 19.2 Å². The van der Waals surface area contributed by atoms with Crippen LogP contribution < -0.4 is 4.90 Å². The number of H-pyrrole nitrogens is 1. The lowest BCUT2D eigenvalue weighted by molar-refractivity contribution is -0.123. The number of likely N-dealkylation sites (tertiary alicyclic amines) is 1. The fourth-order valence-electron chi connectivity index (χ4n) is 5.21. The molecule has 1 aliphatic heterocycles. The van der Waals surface area contributed by atoms with Gasteiger partial charge in [0.25, 0.3) is 0 Å². The van der Waals surface area contributed by atoms with Gasteiger partial charge in [-0.2, -0.15) is 0 Å². The number of aromatic nitrogens is 1. The SMILES string of the molecule is COCC1(N(C(=O)C(C)C)c2ccccc2)CCN(CCCc2c[nH]c3ccc(F)cc23)CC1. The Bertz CT molecular complexity index is 1090. The second-order valence-electron chi connectivity index (χ2n) is 9.77. The second-order valence-corrected chi connectivity index (χ2v) is 9.77. The van der Waals surface area contributed by atoms with E-state index in [1.165, 1.54) is 6.07 Å². The number of anilines is 1. The number of ether oxygens (including phenoxy) is 1. The maximum absolute atomic E-state index is 13.7. The molecular weight excluding hydrogens is 429 g/mol. The van der Waals surface area contributed by atoms with Gasteiger partial charge in [0, 0.05) is 48.9 Å². The van der Waals surface area contributed by atoms with Crippen LogP contribution in [0.25, 0.3) is 10.9 Å². The molecule has 0 aliphatic carbocycles. The standard InChI is InChI=1S/C28H36FN3O2/c1-21(2)27(33)32(24-9-5-4-6-10-24)28(20-34-3)13-16-31(17-14-28)15-7-8-22-19-30-26-12-11-23(29)18-25(22)26/h4-6,9-12,18-19,21,30H,7-8,13-17,20H2,1-3H3. The number of aromatic amines is 1. The van der Waals surface area contributed by atoms with Crippen LogP contribution in [0, 0.1) is 11.7 Å². The second kappa shape index (κ2) is 10.7. The van der Waals surface area contributed by atoms with E-state index in [4.69, 9.17) is 4.74 Å². The number of carbonyl (C=O) groups is 1. The summed E-state index contributed by atoms with van der Waals surface area (Å²) in [6.45, 7) is 7.26. The van der Waals surface area contributed by atoms with Crippen LogP contribution in [0.3, 0.4) is 0 Å². The van der Waals surface area contributed by atoms with Gasteiger partial charge < -0.3 is 19.5 Å². The third-order valence-electron chi connectivity index (χ3n) is 7.05. The monoisotopic (exact) mass is 465 g/mol. The summed E-state index contributed by atoms with van der Waals surface area (Å²) in [5.74, 6) is -0.144. The molecule has 1 fully saturated rings. The van der Waals surface area contributed by atoms with E-state index in [9.17, 15) is 9.18 Å². The third kappa shape index (κ3) is 5.18. The molecule has 1 aliphatic rings. The highest BCUT2D eigenvalue weighted by Gasteiger charge is 2.43. The quantitative estimate of drug-likeness (QED) is 0.460. The Kier molecular flexibility index (Phi) is 7.69. The molecule has 1 saturated heterocycles. The van der Waals surface area contributed by atoms with Crippen LogP contribution in [0.15, 0.2) is 54.7 Å². The van der Waals surface area contributed by atoms with Crippen molar-refractivity contribution < 1.29 is 13.9 Å². The number of nitrogens with zero attached hydrogens (tertiary/aromatic N) is 2. The van der Waals surface area contributed by atoms with E-state index >= 15 is 0 Å². The Balaban J connectivity index is 1.42. The summed E-state index contributed by atoms with van der Waals surface area (Å²) >= 11 is 0. The molecule has 1 amide bonds. The molecule has 1 aromatic heterocycles. The molecule has 2 heterocycles. The van der Waals surface area contributed by atoms with Gasteiger partial charge in [-0.25, -0.2) is 4.39 Å². The number of nitrogens with one attached hydrogen (secondary N) is 1. The van der Waals surface area contributed by atoms with Gasteiger partial charge in [-0.1, -0.05) is 32.0 Å². The first-order valence-corrected chi connectivity index (χ1v) is 12.3. The number of hydrogen-bond acceptors (Lipinski definition) is 3. The summed E-state index contributed by atoms with van der Waals surface area (Å²) in [5, 5.41) is 0.975. The average molecular weight is 466 g/mol.